The predicted octanol–water partition coefficient (Wildman–Crippen LogP) is 2.17. The number of carbonyl (C=O) groups excluding carboxylic acids is 1. The number of fused-ring (bicyclic) bond motifs is 1. The minimum absolute atomic E-state index is 0.0638. The quantitative estimate of drug-likeness (QED) is 0.820. The summed E-state index contributed by atoms with van der Waals surface area (Å²) in [5, 5.41) is 0. The van der Waals surface area contributed by atoms with Crippen LogP contribution in [0.4, 0.5) is 0 Å². The fourth-order valence-corrected chi connectivity index (χ4v) is 1.84. The van der Waals surface area contributed by atoms with Gasteiger partial charge < -0.3 is 14.5 Å². The van der Waals surface area contributed by atoms with Gasteiger partial charge in [0.1, 0.15) is 0 Å². The number of hydrogen-bond acceptors (Lipinski definition) is 3. The molecular formula is C13H11NO3. The van der Waals surface area contributed by atoms with Crippen molar-refractivity contribution >= 4 is 5.78 Å². The average Bonchev–Trinajstić information content (AvgIpc) is 2.99. The first kappa shape index (κ1) is 9.96. The summed E-state index contributed by atoms with van der Waals surface area (Å²) in [5.74, 6) is 1.51. The van der Waals surface area contributed by atoms with Gasteiger partial charge in [-0.3, -0.25) is 4.79 Å². The third-order valence-corrected chi connectivity index (χ3v) is 2.70. The largest absolute Gasteiger partial charge is 0.454 e. The van der Waals surface area contributed by atoms with Gasteiger partial charge in [0.15, 0.2) is 17.3 Å². The van der Waals surface area contributed by atoms with E-state index < -0.39 is 0 Å². The number of rotatable bonds is 3. The van der Waals surface area contributed by atoms with E-state index in [-0.39, 0.29) is 12.6 Å². The lowest BCUT2D eigenvalue weighted by molar-refractivity contribution is 0.0989. The van der Waals surface area contributed by atoms with E-state index in [9.17, 15) is 4.79 Å². The molecule has 0 saturated heterocycles. The van der Waals surface area contributed by atoms with Crippen molar-refractivity contribution in [2.75, 3.05) is 6.79 Å². The van der Waals surface area contributed by atoms with Crippen molar-refractivity contribution in [3.05, 3.63) is 47.8 Å². The normalized spacial score (nSPS) is 12.7. The fourth-order valence-electron chi connectivity index (χ4n) is 1.84. The van der Waals surface area contributed by atoms with Crippen molar-refractivity contribution in [1.82, 2.24) is 4.98 Å². The van der Waals surface area contributed by atoms with Crippen LogP contribution in [0.15, 0.2) is 36.5 Å². The van der Waals surface area contributed by atoms with Crippen LogP contribution >= 0.6 is 0 Å². The van der Waals surface area contributed by atoms with Crippen molar-refractivity contribution < 1.29 is 14.3 Å². The van der Waals surface area contributed by atoms with Crippen LogP contribution in [0, 0.1) is 0 Å². The Kier molecular flexibility index (Phi) is 2.33. The summed E-state index contributed by atoms with van der Waals surface area (Å²) in [4.78, 5) is 14.8. The van der Waals surface area contributed by atoms with Gasteiger partial charge in [-0.15, -0.1) is 0 Å². The molecule has 1 aliphatic heterocycles. The number of hydrogen-bond donors (Lipinski definition) is 1. The maximum absolute atomic E-state index is 11.9. The molecule has 2 aromatic rings. The molecule has 0 spiro atoms. The lowest BCUT2D eigenvalue weighted by atomic mass is 10.1. The fraction of sp³-hybridized carbons (Fsp3) is 0.154. The molecule has 0 unspecified atom stereocenters. The third kappa shape index (κ3) is 1.89. The van der Waals surface area contributed by atoms with Gasteiger partial charge in [0.2, 0.25) is 6.79 Å². The van der Waals surface area contributed by atoms with Crippen molar-refractivity contribution in [3.8, 4) is 11.5 Å². The molecule has 3 rings (SSSR count). The summed E-state index contributed by atoms with van der Waals surface area (Å²) < 4.78 is 10.5. The molecular weight excluding hydrogens is 218 g/mol. The molecule has 1 N–H and O–H groups in total. The third-order valence-electron chi connectivity index (χ3n) is 2.70. The van der Waals surface area contributed by atoms with E-state index in [0.29, 0.717) is 17.9 Å². The molecule has 0 atom stereocenters. The number of aromatic amines is 1. The van der Waals surface area contributed by atoms with E-state index >= 15 is 0 Å². The number of benzene rings is 1. The predicted molar refractivity (Wildman–Crippen MR) is 61.4 cm³/mol. The molecule has 0 aliphatic carbocycles. The number of carbonyl (C=O) groups is 1. The first-order chi connectivity index (χ1) is 8.33. The van der Waals surface area contributed by atoms with Gasteiger partial charge in [-0.05, 0) is 29.8 Å². The van der Waals surface area contributed by atoms with E-state index in [1.807, 2.05) is 24.3 Å². The SMILES string of the molecule is O=C(Cc1ccc2c(c1)OCO2)c1ccc[nH]1. The first-order valence-corrected chi connectivity index (χ1v) is 5.38. The number of H-pyrrole nitrogens is 1. The number of aromatic nitrogens is 1. The summed E-state index contributed by atoms with van der Waals surface area (Å²) in [6, 6.07) is 9.15. The van der Waals surface area contributed by atoms with E-state index in [2.05, 4.69) is 4.98 Å². The van der Waals surface area contributed by atoms with E-state index in [0.717, 1.165) is 11.3 Å². The Hall–Kier alpha value is -2.23. The zero-order valence-electron chi connectivity index (χ0n) is 9.10. The molecule has 0 radical (unpaired) electrons. The highest BCUT2D eigenvalue weighted by atomic mass is 16.7. The Morgan fingerprint density at radius 2 is 2.12 bits per heavy atom. The molecule has 86 valence electrons. The Bertz CT molecular complexity index is 546. The minimum atomic E-state index is 0.0638. The smallest absolute Gasteiger partial charge is 0.231 e. The van der Waals surface area contributed by atoms with Gasteiger partial charge in [0.05, 0.1) is 5.69 Å². The highest BCUT2D eigenvalue weighted by Gasteiger charge is 2.15. The molecule has 4 heteroatoms. The van der Waals surface area contributed by atoms with Crippen LogP contribution in [0.25, 0.3) is 0 Å². The minimum Gasteiger partial charge on any atom is -0.454 e. The van der Waals surface area contributed by atoms with Crippen LogP contribution in [0.1, 0.15) is 16.1 Å². The average molecular weight is 229 g/mol. The zero-order valence-corrected chi connectivity index (χ0v) is 9.10. The van der Waals surface area contributed by atoms with Crippen molar-refractivity contribution in [3.63, 3.8) is 0 Å². The number of ether oxygens (including phenoxy) is 2. The second kappa shape index (κ2) is 3.97. The Morgan fingerprint density at radius 3 is 2.94 bits per heavy atom. The molecule has 1 aliphatic rings. The van der Waals surface area contributed by atoms with Gasteiger partial charge in [-0.25, -0.2) is 0 Å². The Balaban J connectivity index is 1.80. The lowest BCUT2D eigenvalue weighted by Crippen LogP contribution is -2.03. The van der Waals surface area contributed by atoms with Crippen LogP contribution in [-0.2, 0) is 6.42 Å². The maximum Gasteiger partial charge on any atom is 0.231 e. The molecule has 1 aromatic heterocycles. The molecule has 2 heterocycles. The summed E-state index contributed by atoms with van der Waals surface area (Å²) in [7, 11) is 0. The molecule has 4 nitrogen and oxygen atoms in total. The maximum atomic E-state index is 11.9. The standard InChI is InChI=1S/C13H11NO3/c15-11(10-2-1-5-14-10)6-9-3-4-12-13(7-9)17-8-16-12/h1-5,7,14H,6,8H2. The first-order valence-electron chi connectivity index (χ1n) is 5.38. The molecule has 0 amide bonds. The van der Waals surface area contributed by atoms with Gasteiger partial charge in [-0.2, -0.15) is 0 Å². The highest BCUT2D eigenvalue weighted by Crippen LogP contribution is 2.32. The second-order valence-electron chi connectivity index (χ2n) is 3.87. The van der Waals surface area contributed by atoms with E-state index in [1.54, 1.807) is 12.3 Å². The van der Waals surface area contributed by atoms with Crippen molar-refractivity contribution in [1.29, 1.82) is 0 Å². The second-order valence-corrected chi connectivity index (χ2v) is 3.87. The highest BCUT2D eigenvalue weighted by molar-refractivity contribution is 5.95. The summed E-state index contributed by atoms with van der Waals surface area (Å²) in [5.41, 5.74) is 1.55. The van der Waals surface area contributed by atoms with Gasteiger partial charge >= 0.3 is 0 Å². The van der Waals surface area contributed by atoms with E-state index in [1.165, 1.54) is 0 Å². The Labute approximate surface area is 98.2 Å². The summed E-state index contributed by atoms with van der Waals surface area (Å²) in [6.45, 7) is 0.253. The molecule has 1 aromatic carbocycles. The van der Waals surface area contributed by atoms with Crippen LogP contribution in [-0.4, -0.2) is 17.6 Å². The molecule has 0 fully saturated rings. The van der Waals surface area contributed by atoms with Crippen LogP contribution in [0.2, 0.25) is 0 Å². The van der Waals surface area contributed by atoms with Crippen molar-refractivity contribution in [2.24, 2.45) is 0 Å². The van der Waals surface area contributed by atoms with Crippen LogP contribution in [0.3, 0.4) is 0 Å². The van der Waals surface area contributed by atoms with Crippen LogP contribution in [0.5, 0.6) is 11.5 Å². The summed E-state index contributed by atoms with van der Waals surface area (Å²) in [6.07, 6.45) is 2.10. The lowest BCUT2D eigenvalue weighted by Gasteiger charge is -2.01. The molecule has 17 heavy (non-hydrogen) atoms. The van der Waals surface area contributed by atoms with Gasteiger partial charge in [0, 0.05) is 12.6 Å². The number of nitrogens with one attached hydrogen (secondary N) is 1. The summed E-state index contributed by atoms with van der Waals surface area (Å²) >= 11 is 0. The topological polar surface area (TPSA) is 51.3 Å². The monoisotopic (exact) mass is 229 g/mol. The zero-order chi connectivity index (χ0) is 11.7. The van der Waals surface area contributed by atoms with E-state index in [4.69, 9.17) is 9.47 Å². The van der Waals surface area contributed by atoms with Gasteiger partial charge in [0.25, 0.3) is 0 Å². The van der Waals surface area contributed by atoms with Gasteiger partial charge in [-0.1, -0.05) is 6.07 Å². The molecule has 0 saturated carbocycles. The van der Waals surface area contributed by atoms with Crippen LogP contribution < -0.4 is 9.47 Å². The molecule has 0 bridgehead atoms. The van der Waals surface area contributed by atoms with Crippen molar-refractivity contribution in [2.45, 2.75) is 6.42 Å². The number of ketones is 1. The Morgan fingerprint density at radius 1 is 1.24 bits per heavy atom. The number of Topliss-reactive ketones (excluding diaryl/α,β-unsaturated/α-hetero) is 1.